The number of amides is 1. The predicted molar refractivity (Wildman–Crippen MR) is 82.1 cm³/mol. The first kappa shape index (κ1) is 16.7. The highest BCUT2D eigenvalue weighted by atomic mass is 32.2. The van der Waals surface area contributed by atoms with Gasteiger partial charge in [0, 0.05) is 18.6 Å². The van der Waals surface area contributed by atoms with Gasteiger partial charge in [-0.1, -0.05) is 6.42 Å². The maximum Gasteiger partial charge on any atom is 0.221 e. The summed E-state index contributed by atoms with van der Waals surface area (Å²) in [6, 6.07) is 0.269. The highest BCUT2D eigenvalue weighted by Gasteiger charge is 2.35. The van der Waals surface area contributed by atoms with Crippen molar-refractivity contribution in [2.24, 2.45) is 11.7 Å². The van der Waals surface area contributed by atoms with Crippen LogP contribution in [0.4, 0.5) is 0 Å². The van der Waals surface area contributed by atoms with Crippen molar-refractivity contribution >= 4 is 15.9 Å². The molecule has 122 valence electrons. The molecule has 6 nitrogen and oxygen atoms in total. The molecule has 0 spiro atoms. The fraction of sp³-hybridized carbons (Fsp3) is 0.929. The van der Waals surface area contributed by atoms with E-state index in [0.717, 1.165) is 13.0 Å². The van der Waals surface area contributed by atoms with E-state index in [9.17, 15) is 13.2 Å². The molecule has 0 saturated carbocycles. The van der Waals surface area contributed by atoms with E-state index >= 15 is 0 Å². The summed E-state index contributed by atoms with van der Waals surface area (Å²) in [5.41, 5.74) is 5.34. The van der Waals surface area contributed by atoms with Crippen LogP contribution in [0.5, 0.6) is 0 Å². The Morgan fingerprint density at radius 1 is 1.29 bits per heavy atom. The van der Waals surface area contributed by atoms with Gasteiger partial charge in [-0.15, -0.1) is 0 Å². The molecule has 7 heteroatoms. The third-order valence-electron chi connectivity index (χ3n) is 4.72. The van der Waals surface area contributed by atoms with Gasteiger partial charge in [-0.05, 0) is 45.6 Å². The van der Waals surface area contributed by atoms with Crippen LogP contribution in [0.1, 0.15) is 45.4 Å². The molecule has 2 saturated heterocycles. The summed E-state index contributed by atoms with van der Waals surface area (Å²) in [7, 11) is -3.31. The lowest BCUT2D eigenvalue weighted by Gasteiger charge is -2.36. The number of nitrogens with one attached hydrogen (secondary N) is 1. The second kappa shape index (κ2) is 7.07. The fourth-order valence-corrected chi connectivity index (χ4v) is 5.15. The van der Waals surface area contributed by atoms with Gasteiger partial charge in [-0.2, -0.15) is 4.31 Å². The maximum atomic E-state index is 12.6. The van der Waals surface area contributed by atoms with Gasteiger partial charge >= 0.3 is 0 Å². The summed E-state index contributed by atoms with van der Waals surface area (Å²) in [5, 5.41) is 3.38. The van der Waals surface area contributed by atoms with Gasteiger partial charge in [0.05, 0.1) is 11.7 Å². The molecular weight excluding hydrogens is 290 g/mol. The minimum absolute atomic E-state index is 0.0371. The van der Waals surface area contributed by atoms with Crippen LogP contribution in [-0.4, -0.2) is 49.6 Å². The lowest BCUT2D eigenvalue weighted by atomic mass is 9.95. The fourth-order valence-electron chi connectivity index (χ4n) is 3.27. The quantitative estimate of drug-likeness (QED) is 0.769. The molecule has 2 aliphatic rings. The summed E-state index contributed by atoms with van der Waals surface area (Å²) in [6.07, 6.45) is 5.43. The molecule has 2 aliphatic heterocycles. The molecule has 0 bridgehead atoms. The Kier molecular flexibility index (Phi) is 5.62. The van der Waals surface area contributed by atoms with Crippen LogP contribution in [0, 0.1) is 5.92 Å². The minimum atomic E-state index is -3.31. The Hall–Kier alpha value is -0.660. The van der Waals surface area contributed by atoms with Crippen LogP contribution in [0.2, 0.25) is 0 Å². The van der Waals surface area contributed by atoms with E-state index in [1.165, 1.54) is 17.1 Å². The number of nitrogens with two attached hydrogens (primary N) is 1. The zero-order chi connectivity index (χ0) is 15.5. The Morgan fingerprint density at radius 2 is 2.05 bits per heavy atom. The van der Waals surface area contributed by atoms with Crippen molar-refractivity contribution in [1.29, 1.82) is 0 Å². The molecule has 3 atom stereocenters. The molecule has 2 rings (SSSR count). The maximum absolute atomic E-state index is 12.6. The molecule has 0 aromatic carbocycles. The molecular formula is C14H27N3O3S. The average Bonchev–Trinajstić information content (AvgIpc) is 2.46. The van der Waals surface area contributed by atoms with Gasteiger partial charge in [0.2, 0.25) is 15.9 Å². The smallest absolute Gasteiger partial charge is 0.221 e. The van der Waals surface area contributed by atoms with Crippen LogP contribution < -0.4 is 11.1 Å². The third-order valence-corrected chi connectivity index (χ3v) is 6.70. The van der Waals surface area contributed by atoms with E-state index in [1.807, 2.05) is 6.92 Å². The second-order valence-electron chi connectivity index (χ2n) is 6.35. The topological polar surface area (TPSA) is 92.5 Å². The summed E-state index contributed by atoms with van der Waals surface area (Å²) in [5.74, 6) is -0.583. The number of nitrogens with zero attached hydrogens (tertiary/aromatic N) is 1. The minimum Gasteiger partial charge on any atom is -0.369 e. The number of piperidine rings is 2. The number of carbonyl (C=O) groups excluding carboxylic acids is 1. The van der Waals surface area contributed by atoms with Gasteiger partial charge in [-0.25, -0.2) is 8.42 Å². The summed E-state index contributed by atoms with van der Waals surface area (Å²) in [4.78, 5) is 11.3. The summed E-state index contributed by atoms with van der Waals surface area (Å²) in [6.45, 7) is 3.14. The third kappa shape index (κ3) is 4.40. The van der Waals surface area contributed by atoms with E-state index in [1.54, 1.807) is 0 Å². The van der Waals surface area contributed by atoms with Crippen molar-refractivity contribution in [2.45, 2.75) is 57.5 Å². The van der Waals surface area contributed by atoms with Gasteiger partial charge in [0.1, 0.15) is 0 Å². The van der Waals surface area contributed by atoms with Crippen molar-refractivity contribution < 1.29 is 13.2 Å². The Labute approximate surface area is 127 Å². The van der Waals surface area contributed by atoms with Crippen LogP contribution >= 0.6 is 0 Å². The van der Waals surface area contributed by atoms with Crippen LogP contribution in [-0.2, 0) is 14.8 Å². The van der Waals surface area contributed by atoms with Crippen molar-refractivity contribution in [1.82, 2.24) is 9.62 Å². The Morgan fingerprint density at radius 3 is 2.67 bits per heavy atom. The van der Waals surface area contributed by atoms with Crippen LogP contribution in [0.3, 0.4) is 0 Å². The molecule has 2 fully saturated rings. The zero-order valence-corrected chi connectivity index (χ0v) is 13.6. The number of hydrogen-bond donors (Lipinski definition) is 2. The van der Waals surface area contributed by atoms with E-state index in [0.29, 0.717) is 25.3 Å². The number of carbonyl (C=O) groups is 1. The SMILES string of the molecule is CC1CCC(C(N)=O)CN1S(=O)(=O)CCC1CCCCN1. The largest absolute Gasteiger partial charge is 0.369 e. The first-order chi connectivity index (χ1) is 9.90. The van der Waals surface area contributed by atoms with Crippen LogP contribution in [0.25, 0.3) is 0 Å². The molecule has 3 N–H and O–H groups in total. The van der Waals surface area contributed by atoms with Gasteiger partial charge < -0.3 is 11.1 Å². The normalized spacial score (nSPS) is 32.0. The van der Waals surface area contributed by atoms with Crippen LogP contribution in [0.15, 0.2) is 0 Å². The zero-order valence-electron chi connectivity index (χ0n) is 12.8. The van der Waals surface area contributed by atoms with Crippen molar-refractivity contribution in [3.05, 3.63) is 0 Å². The molecule has 0 aromatic rings. The molecule has 3 unspecified atom stereocenters. The first-order valence-corrected chi connectivity index (χ1v) is 9.53. The number of primary amides is 1. The Bertz CT molecular complexity index is 460. The molecule has 21 heavy (non-hydrogen) atoms. The summed E-state index contributed by atoms with van der Waals surface area (Å²) < 4.78 is 26.6. The van der Waals surface area contributed by atoms with E-state index in [4.69, 9.17) is 5.73 Å². The molecule has 0 aliphatic carbocycles. The lowest BCUT2D eigenvalue weighted by molar-refractivity contribution is -0.123. The lowest BCUT2D eigenvalue weighted by Crippen LogP contribution is -2.49. The number of sulfonamides is 1. The second-order valence-corrected chi connectivity index (χ2v) is 8.39. The predicted octanol–water partition coefficient (Wildman–Crippen LogP) is 0.434. The summed E-state index contributed by atoms with van der Waals surface area (Å²) >= 11 is 0. The van der Waals surface area contributed by atoms with Gasteiger partial charge in [-0.3, -0.25) is 4.79 Å². The number of hydrogen-bond acceptors (Lipinski definition) is 4. The van der Waals surface area contributed by atoms with E-state index in [-0.39, 0.29) is 24.3 Å². The standard InChI is InChI=1S/C14H27N3O3S/c1-11-5-6-12(14(15)18)10-17(11)21(19,20)9-7-13-4-2-3-8-16-13/h11-13,16H,2-10H2,1H3,(H2,15,18). The average molecular weight is 317 g/mol. The van der Waals surface area contributed by atoms with Crippen molar-refractivity contribution in [3.8, 4) is 0 Å². The van der Waals surface area contributed by atoms with Crippen molar-refractivity contribution in [3.63, 3.8) is 0 Å². The van der Waals surface area contributed by atoms with Gasteiger partial charge in [0.25, 0.3) is 0 Å². The van der Waals surface area contributed by atoms with Gasteiger partial charge in [0.15, 0.2) is 0 Å². The molecule has 0 aromatic heterocycles. The first-order valence-electron chi connectivity index (χ1n) is 7.92. The highest BCUT2D eigenvalue weighted by molar-refractivity contribution is 7.89. The molecule has 1 amide bonds. The van der Waals surface area contributed by atoms with E-state index < -0.39 is 15.9 Å². The molecule has 2 heterocycles. The highest BCUT2D eigenvalue weighted by Crippen LogP contribution is 2.25. The Balaban J connectivity index is 1.94. The number of rotatable bonds is 5. The monoisotopic (exact) mass is 317 g/mol. The van der Waals surface area contributed by atoms with E-state index in [2.05, 4.69) is 5.32 Å². The van der Waals surface area contributed by atoms with Crippen molar-refractivity contribution in [2.75, 3.05) is 18.8 Å². The molecule has 0 radical (unpaired) electrons.